The van der Waals surface area contributed by atoms with Crippen LogP contribution in [0.5, 0.6) is 0 Å². The van der Waals surface area contributed by atoms with E-state index >= 15 is 0 Å². The molecule has 4 nitrogen and oxygen atoms in total. The van der Waals surface area contributed by atoms with E-state index < -0.39 is 11.9 Å². The standard InChI is InChI=1S/C8H6O4.Pb.2H/c9-7(10)5-3-1-2-4-6(5)8(11)12;;;/h1-4H,(H,9,10)(H,11,12);;;/q;+2;;/p-2. The molecule has 0 aliphatic heterocycles. The second-order valence-corrected chi connectivity index (χ2v) is 2.12. The monoisotopic (exact) mass is 374 g/mol. The molecule has 0 aliphatic carbocycles. The summed E-state index contributed by atoms with van der Waals surface area (Å²) >= 11 is 0. The van der Waals surface area contributed by atoms with E-state index in [1.807, 2.05) is 0 Å². The second kappa shape index (κ2) is 4.95. The second-order valence-electron chi connectivity index (χ2n) is 2.12. The average Bonchev–Trinajstić information content (AvgIpc) is 2.04. The Kier molecular flexibility index (Phi) is 4.60. The molecule has 0 amide bonds. The van der Waals surface area contributed by atoms with Crippen LogP contribution in [0.4, 0.5) is 0 Å². The van der Waals surface area contributed by atoms with Gasteiger partial charge in [-0.05, 0) is 0 Å². The zero-order chi connectivity index (χ0) is 9.14. The van der Waals surface area contributed by atoms with Crippen molar-refractivity contribution in [1.82, 2.24) is 0 Å². The molecule has 66 valence electrons. The van der Waals surface area contributed by atoms with Gasteiger partial charge in [0.15, 0.2) is 0 Å². The third-order valence-electron chi connectivity index (χ3n) is 1.37. The molecule has 1 rings (SSSR count). The maximum atomic E-state index is 10.3. The van der Waals surface area contributed by atoms with Crippen molar-refractivity contribution in [3.8, 4) is 0 Å². The van der Waals surface area contributed by atoms with E-state index in [9.17, 15) is 19.8 Å². The zero-order valence-electron chi connectivity index (χ0n) is 6.65. The van der Waals surface area contributed by atoms with Gasteiger partial charge < -0.3 is 19.8 Å². The van der Waals surface area contributed by atoms with Gasteiger partial charge in [-0.1, -0.05) is 24.3 Å². The molecule has 13 heavy (non-hydrogen) atoms. The van der Waals surface area contributed by atoms with Crippen LogP contribution in [0.3, 0.4) is 0 Å². The Balaban J connectivity index is 0.00000144. The number of aromatic carboxylic acids is 2. The molecule has 0 N–H and O–H groups in total. The Bertz CT molecular complexity index is 302. The molecule has 0 aliphatic rings. The first kappa shape index (κ1) is 12.1. The predicted octanol–water partition coefficient (Wildman–Crippen LogP) is -2.50. The molecule has 0 saturated carbocycles. The fraction of sp³-hybridized carbons (Fsp3) is 0. The summed E-state index contributed by atoms with van der Waals surface area (Å²) in [6.07, 6.45) is 0. The Morgan fingerprint density at radius 2 is 1.23 bits per heavy atom. The van der Waals surface area contributed by atoms with Gasteiger partial charge in [0, 0.05) is 11.1 Å². The first-order chi connectivity index (χ1) is 5.63. The van der Waals surface area contributed by atoms with E-state index in [0.717, 1.165) is 12.1 Å². The van der Waals surface area contributed by atoms with Gasteiger partial charge in [-0.3, -0.25) is 0 Å². The summed E-state index contributed by atoms with van der Waals surface area (Å²) in [7, 11) is 0. The van der Waals surface area contributed by atoms with Crippen molar-refractivity contribution in [2.24, 2.45) is 0 Å². The Morgan fingerprint density at radius 1 is 0.923 bits per heavy atom. The van der Waals surface area contributed by atoms with Crippen molar-refractivity contribution in [1.29, 1.82) is 0 Å². The molecule has 0 saturated heterocycles. The first-order valence-electron chi connectivity index (χ1n) is 3.14. The third-order valence-corrected chi connectivity index (χ3v) is 1.37. The van der Waals surface area contributed by atoms with Crippen LogP contribution in [0, 0.1) is 0 Å². The molecule has 0 bridgehead atoms. The number of hydrogen-bond acceptors (Lipinski definition) is 4. The predicted molar refractivity (Wildman–Crippen MR) is 43.6 cm³/mol. The SMILES string of the molecule is O=C([O-])c1ccccc1C(=O)[O-].[PbH2+2]. The van der Waals surface area contributed by atoms with E-state index in [1.165, 1.54) is 12.1 Å². The van der Waals surface area contributed by atoms with Crippen LogP contribution in [0.2, 0.25) is 0 Å². The van der Waals surface area contributed by atoms with E-state index in [2.05, 4.69) is 0 Å². The summed E-state index contributed by atoms with van der Waals surface area (Å²) < 4.78 is 0. The Hall–Kier alpha value is -0.918. The first-order valence-corrected chi connectivity index (χ1v) is 3.14. The molecule has 0 spiro atoms. The van der Waals surface area contributed by atoms with Crippen LogP contribution >= 0.6 is 0 Å². The Labute approximate surface area is 94.4 Å². The molecule has 1 aromatic rings. The van der Waals surface area contributed by atoms with Gasteiger partial charge in [0.25, 0.3) is 0 Å². The summed E-state index contributed by atoms with van der Waals surface area (Å²) in [6.45, 7) is 0. The van der Waals surface area contributed by atoms with Crippen LogP contribution < -0.4 is 10.2 Å². The van der Waals surface area contributed by atoms with Gasteiger partial charge in [0.1, 0.15) is 0 Å². The summed E-state index contributed by atoms with van der Waals surface area (Å²) in [4.78, 5) is 20.6. The van der Waals surface area contributed by atoms with Crippen molar-refractivity contribution in [3.63, 3.8) is 0 Å². The molecular weight excluding hydrogens is 367 g/mol. The van der Waals surface area contributed by atoms with Crippen molar-refractivity contribution in [3.05, 3.63) is 35.4 Å². The van der Waals surface area contributed by atoms with Crippen LogP contribution in [-0.4, -0.2) is 39.2 Å². The third kappa shape index (κ3) is 2.80. The summed E-state index contributed by atoms with van der Waals surface area (Å²) in [5, 5.41) is 20.6. The van der Waals surface area contributed by atoms with Crippen LogP contribution in [-0.2, 0) is 0 Å². The molecule has 0 radical (unpaired) electrons. The molecule has 5 heteroatoms. The van der Waals surface area contributed by atoms with Gasteiger partial charge in [0.2, 0.25) is 0 Å². The summed E-state index contributed by atoms with van der Waals surface area (Å²) in [5.74, 6) is -3.04. The number of carbonyl (C=O) groups is 2. The molecule has 0 aromatic heterocycles. The molecule has 0 fully saturated rings. The maximum absolute atomic E-state index is 10.3. The van der Waals surface area contributed by atoms with E-state index in [0.29, 0.717) is 0 Å². The number of carboxylic acids is 2. The number of rotatable bonds is 2. The number of carbonyl (C=O) groups excluding carboxylic acids is 2. The minimum atomic E-state index is -1.52. The normalized spacial score (nSPS) is 8.62. The average molecular weight is 373 g/mol. The number of benzene rings is 1. The fourth-order valence-electron chi connectivity index (χ4n) is 0.839. The van der Waals surface area contributed by atoms with Crippen LogP contribution in [0.15, 0.2) is 24.3 Å². The number of carboxylic acid groups (broad SMARTS) is 2. The van der Waals surface area contributed by atoms with Crippen molar-refractivity contribution in [2.75, 3.05) is 0 Å². The summed E-state index contributed by atoms with van der Waals surface area (Å²) in [5.41, 5.74) is -0.727. The van der Waals surface area contributed by atoms with Crippen molar-refractivity contribution < 1.29 is 19.8 Å². The van der Waals surface area contributed by atoms with E-state index in [4.69, 9.17) is 0 Å². The molecule has 1 aromatic carbocycles. The van der Waals surface area contributed by atoms with Gasteiger partial charge in [-0.25, -0.2) is 0 Å². The zero-order valence-corrected chi connectivity index (χ0v) is 12.1. The van der Waals surface area contributed by atoms with E-state index in [-0.39, 0.29) is 38.4 Å². The van der Waals surface area contributed by atoms with E-state index in [1.54, 1.807) is 0 Å². The summed E-state index contributed by atoms with van der Waals surface area (Å²) in [6, 6.07) is 5.14. The minimum absolute atomic E-state index is 0. The van der Waals surface area contributed by atoms with Gasteiger partial charge in [-0.15, -0.1) is 0 Å². The van der Waals surface area contributed by atoms with Gasteiger partial charge in [0.05, 0.1) is 11.9 Å². The Morgan fingerprint density at radius 3 is 1.46 bits per heavy atom. The quantitative estimate of drug-likeness (QED) is 0.537. The molecule has 0 unspecified atom stereocenters. The van der Waals surface area contributed by atoms with Crippen molar-refractivity contribution >= 4 is 39.2 Å². The fourth-order valence-corrected chi connectivity index (χ4v) is 0.839. The van der Waals surface area contributed by atoms with Crippen LogP contribution in [0.25, 0.3) is 0 Å². The van der Waals surface area contributed by atoms with Gasteiger partial charge >= 0.3 is 27.3 Å². The van der Waals surface area contributed by atoms with Gasteiger partial charge in [-0.2, -0.15) is 0 Å². The topological polar surface area (TPSA) is 80.3 Å². The van der Waals surface area contributed by atoms with Crippen LogP contribution in [0.1, 0.15) is 20.7 Å². The molecule has 0 atom stereocenters. The van der Waals surface area contributed by atoms with Crippen molar-refractivity contribution in [2.45, 2.75) is 0 Å². The molecule has 0 heterocycles. The number of hydrogen-bond donors (Lipinski definition) is 0. The molecular formula is C8H6O4Pb.